The van der Waals surface area contributed by atoms with Crippen LogP contribution in [0, 0.1) is 0 Å². The lowest BCUT2D eigenvalue weighted by Crippen LogP contribution is -2.49. The van der Waals surface area contributed by atoms with E-state index in [1.807, 2.05) is 35.7 Å². The number of fused-ring (bicyclic) bond motifs is 1. The third-order valence-corrected chi connectivity index (χ3v) is 6.17. The third-order valence-electron chi connectivity index (χ3n) is 5.23. The highest BCUT2D eigenvalue weighted by atomic mass is 32.1. The molecular weight excluding hydrogens is 396 g/mol. The zero-order chi connectivity index (χ0) is 21.1. The Labute approximate surface area is 180 Å². The van der Waals surface area contributed by atoms with E-state index in [0.717, 1.165) is 16.9 Å². The Kier molecular flexibility index (Phi) is 5.86. The number of thiophene rings is 1. The van der Waals surface area contributed by atoms with Gasteiger partial charge in [-0.3, -0.25) is 14.5 Å². The van der Waals surface area contributed by atoms with Crippen LogP contribution in [-0.4, -0.2) is 24.5 Å². The lowest BCUT2D eigenvalue weighted by Gasteiger charge is -2.32. The number of benzene rings is 2. The number of hydrogen-bond acceptors (Lipinski definition) is 4. The molecule has 5 nitrogen and oxygen atoms in total. The maximum Gasteiger partial charge on any atom is 0.268 e. The lowest BCUT2D eigenvalue weighted by molar-refractivity contribution is -0.128. The minimum absolute atomic E-state index is 0.0571. The Morgan fingerprint density at radius 2 is 1.90 bits per heavy atom. The van der Waals surface area contributed by atoms with Crippen LogP contribution in [0.4, 0.5) is 5.69 Å². The summed E-state index contributed by atoms with van der Waals surface area (Å²) in [6.07, 6.45) is 0.343. The zero-order valence-corrected chi connectivity index (χ0v) is 17.8. The van der Waals surface area contributed by atoms with E-state index in [2.05, 4.69) is 36.5 Å². The van der Waals surface area contributed by atoms with Crippen molar-refractivity contribution < 1.29 is 14.3 Å². The fraction of sp³-hybridized carbons (Fsp3) is 0.250. The van der Waals surface area contributed by atoms with Crippen LogP contribution in [-0.2, 0) is 16.0 Å². The maximum atomic E-state index is 13.0. The van der Waals surface area contributed by atoms with Crippen molar-refractivity contribution in [1.29, 1.82) is 0 Å². The summed E-state index contributed by atoms with van der Waals surface area (Å²) in [6, 6.07) is 19.3. The number of carbonyl (C=O) groups excluding carboxylic acids is 2. The second kappa shape index (κ2) is 8.71. The summed E-state index contributed by atoms with van der Waals surface area (Å²) in [5.74, 6) is 0.177. The summed E-state index contributed by atoms with van der Waals surface area (Å²) in [4.78, 5) is 28.3. The molecule has 0 radical (unpaired) electrons. The number of amides is 2. The minimum Gasteiger partial charge on any atom is -0.479 e. The standard InChI is InChI=1S/C24H24N2O3S/c1-3-17-10-12-18(13-11-17)23(21-9-6-14-30-21)25-22(27)15-26-19-7-4-5-8-20(19)29-16(2)24(26)28/h4-14,16,23H,3,15H2,1-2H3,(H,25,27). The molecule has 0 spiro atoms. The van der Waals surface area contributed by atoms with E-state index in [1.54, 1.807) is 24.3 Å². The molecule has 2 unspecified atom stereocenters. The van der Waals surface area contributed by atoms with Gasteiger partial charge in [0.05, 0.1) is 11.7 Å². The second-order valence-corrected chi connectivity index (χ2v) is 8.24. The fourth-order valence-electron chi connectivity index (χ4n) is 3.59. The number of aryl methyl sites for hydroxylation is 1. The van der Waals surface area contributed by atoms with E-state index in [9.17, 15) is 9.59 Å². The van der Waals surface area contributed by atoms with Crippen LogP contribution >= 0.6 is 11.3 Å². The summed E-state index contributed by atoms with van der Waals surface area (Å²) in [7, 11) is 0. The van der Waals surface area contributed by atoms with Gasteiger partial charge in [0.1, 0.15) is 12.3 Å². The van der Waals surface area contributed by atoms with Crippen LogP contribution in [0.1, 0.15) is 35.9 Å². The first-order valence-corrected chi connectivity index (χ1v) is 10.9. The summed E-state index contributed by atoms with van der Waals surface area (Å²) in [6.45, 7) is 3.76. The highest BCUT2D eigenvalue weighted by Gasteiger charge is 2.33. The normalized spacial score (nSPS) is 16.5. The van der Waals surface area contributed by atoms with Crippen LogP contribution in [0.25, 0.3) is 0 Å². The largest absolute Gasteiger partial charge is 0.479 e. The Hall–Kier alpha value is -3.12. The lowest BCUT2D eigenvalue weighted by atomic mass is 10.0. The van der Waals surface area contributed by atoms with Crippen LogP contribution in [0.3, 0.4) is 0 Å². The average molecular weight is 421 g/mol. The summed E-state index contributed by atoms with van der Waals surface area (Å²) in [5.41, 5.74) is 2.89. The van der Waals surface area contributed by atoms with Gasteiger partial charge in [-0.15, -0.1) is 11.3 Å². The summed E-state index contributed by atoms with van der Waals surface area (Å²) >= 11 is 1.60. The number of rotatable bonds is 6. The molecule has 1 aliphatic heterocycles. The highest BCUT2D eigenvalue weighted by molar-refractivity contribution is 7.10. The van der Waals surface area contributed by atoms with Gasteiger partial charge in [-0.25, -0.2) is 0 Å². The molecule has 154 valence electrons. The smallest absolute Gasteiger partial charge is 0.268 e. The molecule has 1 N–H and O–H groups in total. The van der Waals surface area contributed by atoms with E-state index in [4.69, 9.17) is 4.74 Å². The van der Waals surface area contributed by atoms with E-state index in [-0.39, 0.29) is 24.4 Å². The molecule has 2 heterocycles. The van der Waals surface area contributed by atoms with Gasteiger partial charge < -0.3 is 10.1 Å². The van der Waals surface area contributed by atoms with Gasteiger partial charge in [0, 0.05) is 4.88 Å². The topological polar surface area (TPSA) is 58.6 Å². The van der Waals surface area contributed by atoms with Crippen LogP contribution in [0.2, 0.25) is 0 Å². The average Bonchev–Trinajstić information content (AvgIpc) is 3.30. The number of nitrogens with zero attached hydrogens (tertiary/aromatic N) is 1. The number of anilines is 1. The first-order chi connectivity index (χ1) is 14.6. The van der Waals surface area contributed by atoms with Crippen molar-refractivity contribution in [3.05, 3.63) is 82.0 Å². The number of carbonyl (C=O) groups is 2. The molecule has 1 aliphatic rings. The van der Waals surface area contributed by atoms with Crippen molar-refractivity contribution >= 4 is 28.8 Å². The van der Waals surface area contributed by atoms with E-state index in [1.165, 1.54) is 10.5 Å². The number of hydrogen-bond donors (Lipinski definition) is 1. The first-order valence-electron chi connectivity index (χ1n) is 10.1. The van der Waals surface area contributed by atoms with E-state index in [0.29, 0.717) is 11.4 Å². The van der Waals surface area contributed by atoms with Gasteiger partial charge in [0.15, 0.2) is 6.10 Å². The molecule has 4 rings (SSSR count). The quantitative estimate of drug-likeness (QED) is 0.646. The molecule has 0 saturated carbocycles. The monoisotopic (exact) mass is 420 g/mol. The van der Waals surface area contributed by atoms with Crippen molar-refractivity contribution in [2.75, 3.05) is 11.4 Å². The van der Waals surface area contributed by atoms with Gasteiger partial charge in [-0.2, -0.15) is 0 Å². The van der Waals surface area contributed by atoms with Crippen LogP contribution in [0.15, 0.2) is 66.0 Å². The predicted molar refractivity (Wildman–Crippen MR) is 119 cm³/mol. The molecule has 0 fully saturated rings. The predicted octanol–water partition coefficient (Wildman–Crippen LogP) is 4.33. The Balaban J connectivity index is 1.57. The number of ether oxygens (including phenoxy) is 1. The molecular formula is C24H24N2O3S. The Morgan fingerprint density at radius 3 is 2.60 bits per heavy atom. The van der Waals surface area contributed by atoms with Crippen molar-refractivity contribution in [2.45, 2.75) is 32.4 Å². The molecule has 2 aromatic carbocycles. The zero-order valence-electron chi connectivity index (χ0n) is 17.0. The Bertz CT molecular complexity index is 1030. The SMILES string of the molecule is CCc1ccc(C(NC(=O)CN2C(=O)C(C)Oc3ccccc32)c2cccs2)cc1. The van der Waals surface area contributed by atoms with Crippen molar-refractivity contribution in [3.63, 3.8) is 0 Å². The molecule has 6 heteroatoms. The van der Waals surface area contributed by atoms with E-state index >= 15 is 0 Å². The maximum absolute atomic E-state index is 13.0. The van der Waals surface area contributed by atoms with Gasteiger partial charge in [0.25, 0.3) is 5.91 Å². The van der Waals surface area contributed by atoms with Crippen molar-refractivity contribution in [1.82, 2.24) is 5.32 Å². The molecule has 1 aromatic heterocycles. The molecule has 0 aliphatic carbocycles. The molecule has 30 heavy (non-hydrogen) atoms. The highest BCUT2D eigenvalue weighted by Crippen LogP contribution is 2.33. The third kappa shape index (κ3) is 4.09. The van der Waals surface area contributed by atoms with Crippen molar-refractivity contribution in [2.24, 2.45) is 0 Å². The minimum atomic E-state index is -0.623. The number of nitrogens with one attached hydrogen (secondary N) is 1. The molecule has 0 bridgehead atoms. The molecule has 2 atom stereocenters. The molecule has 0 saturated heterocycles. The fourth-order valence-corrected chi connectivity index (χ4v) is 4.39. The second-order valence-electron chi connectivity index (χ2n) is 7.26. The van der Waals surface area contributed by atoms with Gasteiger partial charge in [-0.1, -0.05) is 49.4 Å². The van der Waals surface area contributed by atoms with Crippen LogP contribution < -0.4 is 15.0 Å². The molecule has 2 amide bonds. The van der Waals surface area contributed by atoms with Gasteiger partial charge >= 0.3 is 0 Å². The molecule has 3 aromatic rings. The first kappa shape index (κ1) is 20.2. The van der Waals surface area contributed by atoms with Crippen molar-refractivity contribution in [3.8, 4) is 5.75 Å². The van der Waals surface area contributed by atoms with E-state index < -0.39 is 6.10 Å². The Morgan fingerprint density at radius 1 is 1.13 bits per heavy atom. The van der Waals surface area contributed by atoms with Crippen LogP contribution in [0.5, 0.6) is 5.75 Å². The summed E-state index contributed by atoms with van der Waals surface area (Å²) < 4.78 is 5.67. The summed E-state index contributed by atoms with van der Waals surface area (Å²) in [5, 5.41) is 5.12. The number of para-hydroxylation sites is 2. The van der Waals surface area contributed by atoms with Gasteiger partial charge in [-0.05, 0) is 48.1 Å². The van der Waals surface area contributed by atoms with Gasteiger partial charge in [0.2, 0.25) is 5.91 Å².